The van der Waals surface area contributed by atoms with Crippen molar-refractivity contribution in [1.82, 2.24) is 15.5 Å². The topological polar surface area (TPSA) is 108 Å². The third-order valence-corrected chi connectivity index (χ3v) is 7.75. The van der Waals surface area contributed by atoms with Crippen LogP contribution in [0.5, 0.6) is 0 Å². The second kappa shape index (κ2) is 13.1. The number of nitrogens with one attached hydrogen (secondary N) is 2. The molecule has 0 unspecified atom stereocenters. The molecule has 1 aliphatic heterocycles. The number of alkyl halides is 3. The molecule has 3 N–H and O–H groups in total. The monoisotopic (exact) mass is 577 g/mol. The normalized spacial score (nSPS) is 17.8. The number of rotatable bonds is 9. The summed E-state index contributed by atoms with van der Waals surface area (Å²) in [5.74, 6) is 0.693. The lowest BCUT2D eigenvalue weighted by Crippen LogP contribution is -2.58. The number of aliphatic hydroxyl groups excluding tert-OH is 1. The number of hydrogen-bond donors (Lipinski definition) is 3. The van der Waals surface area contributed by atoms with E-state index in [1.54, 1.807) is 44.2 Å². The maximum absolute atomic E-state index is 13.5. The quantitative estimate of drug-likeness (QED) is 0.395. The Labute approximate surface area is 234 Å². The zero-order valence-electron chi connectivity index (χ0n) is 21.9. The van der Waals surface area contributed by atoms with Gasteiger partial charge in [-0.3, -0.25) is 9.59 Å². The largest absolute Gasteiger partial charge is 0.436 e. The fraction of sp³-hybridized carbons (Fsp3) is 0.393. The van der Waals surface area contributed by atoms with Crippen LogP contribution in [0.25, 0.3) is 0 Å². The van der Waals surface area contributed by atoms with Crippen LogP contribution in [-0.4, -0.2) is 63.3 Å². The average molecular weight is 578 g/mol. The first-order valence-corrected chi connectivity index (χ1v) is 13.3. The van der Waals surface area contributed by atoms with Gasteiger partial charge in [-0.15, -0.1) is 18.2 Å². The highest BCUT2D eigenvalue weighted by atomic mass is 32.2. The van der Waals surface area contributed by atoms with Gasteiger partial charge in [0.25, 0.3) is 5.91 Å². The van der Waals surface area contributed by atoms with E-state index in [2.05, 4.69) is 16.6 Å². The summed E-state index contributed by atoms with van der Waals surface area (Å²) in [6.07, 6.45) is -2.11. The van der Waals surface area contributed by atoms with E-state index in [1.807, 2.05) is 0 Å². The average Bonchev–Trinajstić information content (AvgIpc) is 3.24. The summed E-state index contributed by atoms with van der Waals surface area (Å²) in [6.45, 7) is 2.73. The van der Waals surface area contributed by atoms with Crippen molar-refractivity contribution in [1.29, 1.82) is 0 Å². The van der Waals surface area contributed by atoms with Gasteiger partial charge in [-0.05, 0) is 37.5 Å². The van der Waals surface area contributed by atoms with Gasteiger partial charge < -0.3 is 25.4 Å². The molecule has 12 heteroatoms. The first-order valence-electron chi connectivity index (χ1n) is 12.3. The Balaban J connectivity index is 1.80. The Morgan fingerprint density at radius 1 is 1.18 bits per heavy atom. The number of hydrogen-bond acceptors (Lipinski definition) is 6. The molecule has 0 saturated carbocycles. The molecular weight excluding hydrogens is 547 g/mol. The van der Waals surface area contributed by atoms with Crippen LogP contribution in [-0.2, 0) is 33.5 Å². The minimum atomic E-state index is -4.60. The van der Waals surface area contributed by atoms with Gasteiger partial charge in [0.15, 0.2) is 12.7 Å². The molecule has 8 nitrogen and oxygen atoms in total. The van der Waals surface area contributed by atoms with E-state index in [9.17, 15) is 32.7 Å². The van der Waals surface area contributed by atoms with Crippen LogP contribution in [0.3, 0.4) is 0 Å². The van der Waals surface area contributed by atoms with E-state index in [0.29, 0.717) is 5.56 Å². The second-order valence-electron chi connectivity index (χ2n) is 9.63. The summed E-state index contributed by atoms with van der Waals surface area (Å²) in [6, 6.07) is 11.5. The van der Waals surface area contributed by atoms with E-state index in [4.69, 9.17) is 11.2 Å². The second-order valence-corrected chi connectivity index (χ2v) is 11.2. The highest BCUT2D eigenvalue weighted by Gasteiger charge is 2.50. The highest BCUT2D eigenvalue weighted by Crippen LogP contribution is 2.40. The fourth-order valence-electron chi connectivity index (χ4n) is 4.39. The minimum absolute atomic E-state index is 0.0414. The van der Waals surface area contributed by atoms with Crippen molar-refractivity contribution < 1.29 is 37.4 Å². The molecule has 0 spiro atoms. The maximum atomic E-state index is 13.5. The molecule has 2 aromatic carbocycles. The number of carbonyl (C=O) groups excluding carboxylic acids is 3. The Hall–Kier alpha value is -3.69. The van der Waals surface area contributed by atoms with Gasteiger partial charge >= 0.3 is 12.3 Å². The van der Waals surface area contributed by atoms with Crippen molar-refractivity contribution in [2.45, 2.75) is 55.9 Å². The van der Waals surface area contributed by atoms with E-state index in [1.165, 1.54) is 34.9 Å². The minimum Gasteiger partial charge on any atom is -0.436 e. The number of benzene rings is 2. The molecule has 3 rings (SSSR count). The number of carbonyl (C=O) groups is 3. The Bertz CT molecular complexity index is 1250. The predicted octanol–water partition coefficient (Wildman–Crippen LogP) is 3.33. The maximum Gasteiger partial charge on any atom is 0.416 e. The number of aliphatic hydroxyl groups is 1. The van der Waals surface area contributed by atoms with Crippen LogP contribution >= 0.6 is 11.8 Å². The molecule has 1 saturated heterocycles. The number of thioether (sulfide) groups is 1. The Morgan fingerprint density at radius 2 is 1.82 bits per heavy atom. The molecule has 40 heavy (non-hydrogen) atoms. The van der Waals surface area contributed by atoms with Gasteiger partial charge in [0.05, 0.1) is 17.5 Å². The molecule has 0 aliphatic carbocycles. The molecule has 1 fully saturated rings. The van der Waals surface area contributed by atoms with Gasteiger partial charge in [0.1, 0.15) is 6.04 Å². The highest BCUT2D eigenvalue weighted by molar-refractivity contribution is 8.00. The lowest BCUT2D eigenvalue weighted by Gasteiger charge is -2.33. The molecule has 0 radical (unpaired) electrons. The van der Waals surface area contributed by atoms with Gasteiger partial charge in [-0.2, -0.15) is 13.2 Å². The van der Waals surface area contributed by atoms with Crippen LogP contribution in [0, 0.1) is 12.3 Å². The third kappa shape index (κ3) is 7.70. The van der Waals surface area contributed by atoms with Crippen molar-refractivity contribution >= 4 is 29.7 Å². The number of amides is 3. The van der Waals surface area contributed by atoms with Crippen LogP contribution in [0.1, 0.15) is 30.5 Å². The van der Waals surface area contributed by atoms with Crippen molar-refractivity contribution in [3.63, 3.8) is 0 Å². The molecule has 3 atom stereocenters. The molecule has 0 aromatic heterocycles. The third-order valence-electron chi connectivity index (χ3n) is 6.38. The number of terminal acetylenes is 1. The molecule has 1 aliphatic rings. The lowest BCUT2D eigenvalue weighted by molar-refractivity contribution is -0.147. The van der Waals surface area contributed by atoms with Gasteiger partial charge in [0, 0.05) is 11.3 Å². The number of nitrogens with zero attached hydrogens (tertiary/aromatic N) is 1. The van der Waals surface area contributed by atoms with Gasteiger partial charge in [0.2, 0.25) is 5.91 Å². The zero-order valence-corrected chi connectivity index (χ0v) is 22.7. The summed E-state index contributed by atoms with van der Waals surface area (Å²) in [5.41, 5.74) is -0.280. The summed E-state index contributed by atoms with van der Waals surface area (Å²) in [7, 11) is 0. The number of ether oxygens (including phenoxy) is 1. The lowest BCUT2D eigenvalue weighted by atomic mass is 9.97. The molecule has 3 amide bonds. The van der Waals surface area contributed by atoms with E-state index >= 15 is 0 Å². The van der Waals surface area contributed by atoms with Crippen molar-refractivity contribution in [3.8, 4) is 12.3 Å². The molecule has 2 aromatic rings. The van der Waals surface area contributed by atoms with Gasteiger partial charge in [-0.1, -0.05) is 54.5 Å². The van der Waals surface area contributed by atoms with E-state index in [-0.39, 0.29) is 24.5 Å². The van der Waals surface area contributed by atoms with Crippen molar-refractivity contribution in [3.05, 3.63) is 71.3 Å². The Kier molecular flexibility index (Phi) is 10.1. The first kappa shape index (κ1) is 30.8. The van der Waals surface area contributed by atoms with Crippen LogP contribution in [0.15, 0.2) is 54.6 Å². The van der Waals surface area contributed by atoms with Crippen molar-refractivity contribution in [2.24, 2.45) is 0 Å². The summed E-state index contributed by atoms with van der Waals surface area (Å²) in [4.78, 5) is 40.2. The van der Waals surface area contributed by atoms with Crippen LogP contribution in [0.4, 0.5) is 18.0 Å². The summed E-state index contributed by atoms with van der Waals surface area (Å²) >= 11 is 1.28. The van der Waals surface area contributed by atoms with Crippen LogP contribution < -0.4 is 10.6 Å². The number of alkyl carbamates (subject to hydrolysis) is 1. The first-order chi connectivity index (χ1) is 18.8. The zero-order chi connectivity index (χ0) is 29.5. The van der Waals surface area contributed by atoms with E-state index < -0.39 is 59.1 Å². The smallest absolute Gasteiger partial charge is 0.416 e. The Morgan fingerprint density at radius 3 is 2.48 bits per heavy atom. The summed E-state index contributed by atoms with van der Waals surface area (Å²) in [5, 5.41) is 16.1. The summed E-state index contributed by atoms with van der Waals surface area (Å²) < 4.78 is 44.2. The van der Waals surface area contributed by atoms with Crippen LogP contribution in [0.2, 0.25) is 0 Å². The molecule has 0 bridgehead atoms. The van der Waals surface area contributed by atoms with E-state index in [0.717, 1.165) is 6.07 Å². The van der Waals surface area contributed by atoms with Gasteiger partial charge in [-0.25, -0.2) is 4.79 Å². The van der Waals surface area contributed by atoms with Crippen molar-refractivity contribution in [2.75, 3.05) is 12.5 Å². The molecule has 1 heterocycles. The fourth-order valence-corrected chi connectivity index (χ4v) is 5.53. The predicted molar refractivity (Wildman–Crippen MR) is 144 cm³/mol. The standard InChI is InChI=1S/C28H30F3N3O5S/c1-4-14-39-26(38)33-21(15-18-10-6-5-7-11-18)22(35)25(37)34-17-40-27(2,3)23(34)24(36)32-16-19-12-8-9-13-20(19)28(29,30)31/h1,5-13,21-23,35H,14-17H2,2-3H3,(H,32,36)(H,33,38)/t21-,22-,23-/m0/s1. The SMILES string of the molecule is C#CCOC(=O)N[C@@H](Cc1ccccc1)[C@H](O)C(=O)N1CSC(C)(C)[C@@H]1C(=O)NCc1ccccc1C(F)(F)F. The molecule has 214 valence electrons. The number of halogens is 3. The molecular formula is C28H30F3N3O5S.